The van der Waals surface area contributed by atoms with Crippen molar-refractivity contribution in [1.29, 1.82) is 0 Å². The summed E-state index contributed by atoms with van der Waals surface area (Å²) in [5.74, 6) is -2.05. The van der Waals surface area contributed by atoms with Crippen LogP contribution in [0, 0.1) is 5.92 Å². The van der Waals surface area contributed by atoms with Crippen LogP contribution in [0.25, 0.3) is 0 Å². The van der Waals surface area contributed by atoms with Gasteiger partial charge in [0.2, 0.25) is 0 Å². The molecule has 0 aliphatic carbocycles. The number of carbonyl (C=O) groups is 2. The van der Waals surface area contributed by atoms with Gasteiger partial charge in [0.15, 0.2) is 5.92 Å². The second-order valence-corrected chi connectivity index (χ2v) is 4.73. The van der Waals surface area contributed by atoms with E-state index in [9.17, 15) is 9.59 Å². The highest BCUT2D eigenvalue weighted by molar-refractivity contribution is 5.94. The maximum Gasteiger partial charge on any atom is 0.320 e. The van der Waals surface area contributed by atoms with Crippen molar-refractivity contribution in [3.8, 4) is 0 Å². The smallest absolute Gasteiger partial charge is 0.320 e. The molecule has 0 aromatic rings. The van der Waals surface area contributed by atoms with Crippen LogP contribution in [0.15, 0.2) is 0 Å². The number of rotatable bonds is 10. The molecule has 0 rings (SSSR count). The van der Waals surface area contributed by atoms with Crippen molar-refractivity contribution in [2.24, 2.45) is 5.92 Å². The highest BCUT2D eigenvalue weighted by atomic mass is 16.6. The largest absolute Gasteiger partial charge is 0.465 e. The lowest BCUT2D eigenvalue weighted by Gasteiger charge is -2.14. The first-order valence-corrected chi connectivity index (χ1v) is 6.81. The van der Waals surface area contributed by atoms with Crippen molar-refractivity contribution in [2.45, 2.75) is 45.8 Å². The van der Waals surface area contributed by atoms with Crippen LogP contribution < -0.4 is 0 Å². The van der Waals surface area contributed by atoms with E-state index in [1.165, 1.54) is 6.92 Å². The number of methoxy groups -OCH3 is 2. The van der Waals surface area contributed by atoms with Crippen LogP contribution >= 0.6 is 0 Å². The third-order valence-electron chi connectivity index (χ3n) is 3.05. The molecular formula is C14H26O6. The molecule has 6 heteroatoms. The molecule has 0 radical (unpaired) electrons. The van der Waals surface area contributed by atoms with Crippen LogP contribution in [-0.4, -0.2) is 51.6 Å². The minimum atomic E-state index is -0.911. The summed E-state index contributed by atoms with van der Waals surface area (Å²) in [7, 11) is 3.18. The zero-order valence-corrected chi connectivity index (χ0v) is 13.0. The summed E-state index contributed by atoms with van der Waals surface area (Å²) in [5.41, 5.74) is 0. The maximum atomic E-state index is 11.6. The van der Waals surface area contributed by atoms with E-state index in [0.29, 0.717) is 12.8 Å². The topological polar surface area (TPSA) is 71.1 Å². The zero-order valence-electron chi connectivity index (χ0n) is 13.0. The highest BCUT2D eigenvalue weighted by Crippen LogP contribution is 2.05. The summed E-state index contributed by atoms with van der Waals surface area (Å²) in [6, 6.07) is 0. The third-order valence-corrected chi connectivity index (χ3v) is 3.05. The average Bonchev–Trinajstić information content (AvgIpc) is 2.45. The summed E-state index contributed by atoms with van der Waals surface area (Å²) >= 11 is 0. The summed E-state index contributed by atoms with van der Waals surface area (Å²) in [6.07, 6.45) is 1.21. The van der Waals surface area contributed by atoms with Crippen molar-refractivity contribution < 1.29 is 28.5 Å². The van der Waals surface area contributed by atoms with Crippen LogP contribution in [0.1, 0.15) is 33.6 Å². The van der Waals surface area contributed by atoms with Crippen LogP contribution in [-0.2, 0) is 28.5 Å². The Morgan fingerprint density at radius 2 is 1.15 bits per heavy atom. The van der Waals surface area contributed by atoms with Crippen molar-refractivity contribution in [1.82, 2.24) is 0 Å². The fourth-order valence-electron chi connectivity index (χ4n) is 1.23. The van der Waals surface area contributed by atoms with Crippen LogP contribution in [0.4, 0.5) is 0 Å². The van der Waals surface area contributed by atoms with Crippen LogP contribution in [0.2, 0.25) is 0 Å². The van der Waals surface area contributed by atoms with E-state index < -0.39 is 17.9 Å². The van der Waals surface area contributed by atoms with E-state index in [0.717, 1.165) is 0 Å². The van der Waals surface area contributed by atoms with Crippen molar-refractivity contribution in [2.75, 3.05) is 27.4 Å². The number of esters is 2. The number of hydrogen-bond donors (Lipinski definition) is 0. The molecule has 0 N–H and O–H groups in total. The van der Waals surface area contributed by atoms with Gasteiger partial charge in [0.05, 0.1) is 25.4 Å². The van der Waals surface area contributed by atoms with Gasteiger partial charge in [0, 0.05) is 27.1 Å². The first kappa shape index (κ1) is 18.9. The summed E-state index contributed by atoms with van der Waals surface area (Å²) < 4.78 is 20.1. The first-order valence-electron chi connectivity index (χ1n) is 6.81. The third kappa shape index (κ3) is 8.12. The SMILES string of the molecule is COC(C)CCOC(=O)C(C)C(=O)OCCC(C)OC. The van der Waals surface area contributed by atoms with Gasteiger partial charge in [-0.05, 0) is 20.8 Å². The van der Waals surface area contributed by atoms with Gasteiger partial charge in [-0.15, -0.1) is 0 Å². The van der Waals surface area contributed by atoms with Crippen LogP contribution in [0.5, 0.6) is 0 Å². The van der Waals surface area contributed by atoms with E-state index in [2.05, 4.69) is 0 Å². The van der Waals surface area contributed by atoms with Crippen LogP contribution in [0.3, 0.4) is 0 Å². The second kappa shape index (κ2) is 10.6. The highest BCUT2D eigenvalue weighted by Gasteiger charge is 2.24. The molecule has 0 fully saturated rings. The van der Waals surface area contributed by atoms with Gasteiger partial charge >= 0.3 is 11.9 Å². The second-order valence-electron chi connectivity index (χ2n) is 4.73. The molecule has 0 aromatic heterocycles. The molecule has 0 aliphatic heterocycles. The molecule has 2 atom stereocenters. The Morgan fingerprint density at radius 3 is 1.45 bits per heavy atom. The molecule has 0 aliphatic rings. The van der Waals surface area contributed by atoms with Crippen molar-refractivity contribution in [3.63, 3.8) is 0 Å². The molecule has 0 amide bonds. The molecule has 0 spiro atoms. The summed E-state index contributed by atoms with van der Waals surface area (Å²) in [6.45, 7) is 5.69. The predicted octanol–water partition coefficient (Wildman–Crippen LogP) is 1.56. The number of ether oxygens (including phenoxy) is 4. The van der Waals surface area contributed by atoms with Crippen molar-refractivity contribution in [3.05, 3.63) is 0 Å². The standard InChI is InChI=1S/C14H26O6/c1-10(17-4)6-8-19-13(15)12(3)14(16)20-9-7-11(2)18-5/h10-12H,6-9H2,1-5H3. The van der Waals surface area contributed by atoms with Gasteiger partial charge < -0.3 is 18.9 Å². The minimum Gasteiger partial charge on any atom is -0.465 e. The number of carbonyl (C=O) groups excluding carboxylic acids is 2. The van der Waals surface area contributed by atoms with E-state index in [4.69, 9.17) is 18.9 Å². The van der Waals surface area contributed by atoms with Gasteiger partial charge in [-0.1, -0.05) is 0 Å². The average molecular weight is 290 g/mol. The Labute approximate surface area is 120 Å². The predicted molar refractivity (Wildman–Crippen MR) is 73.3 cm³/mol. The molecule has 2 unspecified atom stereocenters. The zero-order chi connectivity index (χ0) is 15.5. The Morgan fingerprint density at radius 1 is 0.800 bits per heavy atom. The molecule has 0 bridgehead atoms. The number of hydrogen-bond acceptors (Lipinski definition) is 6. The molecule has 0 heterocycles. The van der Waals surface area contributed by atoms with Gasteiger partial charge in [-0.3, -0.25) is 9.59 Å². The lowest BCUT2D eigenvalue weighted by Crippen LogP contribution is -2.27. The van der Waals surface area contributed by atoms with Gasteiger partial charge in [-0.2, -0.15) is 0 Å². The fraction of sp³-hybridized carbons (Fsp3) is 0.857. The molecule has 6 nitrogen and oxygen atoms in total. The Bertz CT molecular complexity index is 263. The molecule has 20 heavy (non-hydrogen) atoms. The lowest BCUT2D eigenvalue weighted by atomic mass is 10.2. The van der Waals surface area contributed by atoms with Gasteiger partial charge in [-0.25, -0.2) is 0 Å². The quantitative estimate of drug-likeness (QED) is 0.449. The molecule has 118 valence electrons. The molecule has 0 saturated heterocycles. The van der Waals surface area contributed by atoms with E-state index in [1.807, 2.05) is 13.8 Å². The summed E-state index contributed by atoms with van der Waals surface area (Å²) in [5, 5.41) is 0. The molecule has 0 saturated carbocycles. The Hall–Kier alpha value is -1.14. The monoisotopic (exact) mass is 290 g/mol. The lowest BCUT2D eigenvalue weighted by molar-refractivity contribution is -0.161. The van der Waals surface area contributed by atoms with Gasteiger partial charge in [0.1, 0.15) is 0 Å². The van der Waals surface area contributed by atoms with Gasteiger partial charge in [0.25, 0.3) is 0 Å². The molecular weight excluding hydrogens is 264 g/mol. The normalized spacial score (nSPS) is 15.2. The molecule has 0 aromatic carbocycles. The Kier molecular flexibility index (Phi) is 10.0. The van der Waals surface area contributed by atoms with E-state index >= 15 is 0 Å². The van der Waals surface area contributed by atoms with E-state index in [-0.39, 0.29) is 25.4 Å². The fourth-order valence-corrected chi connectivity index (χ4v) is 1.23. The first-order chi connectivity index (χ1) is 9.42. The maximum absolute atomic E-state index is 11.6. The summed E-state index contributed by atoms with van der Waals surface area (Å²) in [4.78, 5) is 23.2. The minimum absolute atomic E-state index is 0.0144. The Balaban J connectivity index is 3.89. The van der Waals surface area contributed by atoms with E-state index in [1.54, 1.807) is 14.2 Å². The van der Waals surface area contributed by atoms with Crippen molar-refractivity contribution >= 4 is 11.9 Å².